The van der Waals surface area contributed by atoms with E-state index in [9.17, 15) is 0 Å². The molecule has 0 amide bonds. The van der Waals surface area contributed by atoms with Gasteiger partial charge in [-0.05, 0) is 45.3 Å². The maximum Gasteiger partial charge on any atom is 0.191 e. The molecular weight excluding hydrogens is 459 g/mol. The molecule has 6 nitrogen and oxygen atoms in total. The fourth-order valence-corrected chi connectivity index (χ4v) is 4.30. The van der Waals surface area contributed by atoms with E-state index < -0.39 is 0 Å². The number of piperazine rings is 1. The van der Waals surface area contributed by atoms with Crippen LogP contribution in [0.25, 0.3) is 0 Å². The lowest BCUT2D eigenvalue weighted by Crippen LogP contribution is -2.51. The Hall–Kier alpha value is -0.610. The van der Waals surface area contributed by atoms with E-state index in [-0.39, 0.29) is 24.0 Å². The number of hydrogen-bond donors (Lipinski definition) is 1. The van der Waals surface area contributed by atoms with Crippen molar-refractivity contribution in [2.45, 2.75) is 38.5 Å². The van der Waals surface area contributed by atoms with Crippen LogP contribution < -0.4 is 10.6 Å². The number of aromatic nitrogens is 1. The number of anilines is 1. The standard InChI is InChI=1S/C18H32N6S.HI/c19-17(20-7-3-1-4-9-22-10-5-2-6-11-22)23-12-14-24(15-13-23)18-21-8-16-25-18;/h8,16H,1-7,9-15H2,(H2,19,20);1H. The monoisotopic (exact) mass is 492 g/mol. The number of thiazole rings is 1. The lowest BCUT2D eigenvalue weighted by molar-refractivity contribution is 0.224. The highest BCUT2D eigenvalue weighted by molar-refractivity contribution is 14.0. The van der Waals surface area contributed by atoms with Gasteiger partial charge in [0.2, 0.25) is 0 Å². The van der Waals surface area contributed by atoms with Crippen LogP contribution in [0.2, 0.25) is 0 Å². The predicted molar refractivity (Wildman–Crippen MR) is 122 cm³/mol. The van der Waals surface area contributed by atoms with Crippen LogP contribution in [0.1, 0.15) is 38.5 Å². The van der Waals surface area contributed by atoms with Crippen molar-refractivity contribution in [3.05, 3.63) is 11.6 Å². The maximum atomic E-state index is 6.18. The normalized spacial score (nSPS) is 19.5. The molecular formula is C18H33IN6S. The van der Waals surface area contributed by atoms with Crippen molar-refractivity contribution < 1.29 is 0 Å². The summed E-state index contributed by atoms with van der Waals surface area (Å²) in [6, 6.07) is 0. The topological polar surface area (TPSA) is 61.0 Å². The average Bonchev–Trinajstić information content (AvgIpc) is 3.20. The molecule has 2 aliphatic heterocycles. The van der Waals surface area contributed by atoms with Gasteiger partial charge in [0.1, 0.15) is 0 Å². The zero-order valence-electron chi connectivity index (χ0n) is 15.7. The van der Waals surface area contributed by atoms with Crippen molar-refractivity contribution in [1.29, 1.82) is 0 Å². The third kappa shape index (κ3) is 6.84. The molecule has 3 heterocycles. The summed E-state index contributed by atoms with van der Waals surface area (Å²) in [6.07, 6.45) is 9.75. The van der Waals surface area contributed by atoms with E-state index in [1.54, 1.807) is 11.3 Å². The van der Waals surface area contributed by atoms with Crippen LogP contribution in [-0.4, -0.2) is 73.1 Å². The molecule has 0 saturated carbocycles. The van der Waals surface area contributed by atoms with Crippen LogP contribution in [0.3, 0.4) is 0 Å². The van der Waals surface area contributed by atoms with Crippen molar-refractivity contribution in [1.82, 2.24) is 14.8 Å². The smallest absolute Gasteiger partial charge is 0.191 e. The van der Waals surface area contributed by atoms with Crippen LogP contribution in [-0.2, 0) is 0 Å². The maximum absolute atomic E-state index is 6.18. The minimum atomic E-state index is 0. The Morgan fingerprint density at radius 1 is 1.04 bits per heavy atom. The minimum Gasteiger partial charge on any atom is -0.370 e. The molecule has 3 rings (SSSR count). The van der Waals surface area contributed by atoms with Crippen LogP contribution >= 0.6 is 35.3 Å². The zero-order valence-corrected chi connectivity index (χ0v) is 18.8. The first-order chi connectivity index (χ1) is 12.3. The molecule has 2 aliphatic rings. The number of nitrogens with two attached hydrogens (primary N) is 1. The molecule has 2 fully saturated rings. The molecule has 0 bridgehead atoms. The van der Waals surface area contributed by atoms with Crippen molar-refractivity contribution in [3.63, 3.8) is 0 Å². The summed E-state index contributed by atoms with van der Waals surface area (Å²) < 4.78 is 0. The van der Waals surface area contributed by atoms with E-state index in [1.165, 1.54) is 51.7 Å². The largest absolute Gasteiger partial charge is 0.370 e. The third-order valence-electron chi connectivity index (χ3n) is 5.15. The number of unbranched alkanes of at least 4 members (excludes halogenated alkanes) is 2. The fraction of sp³-hybridized carbons (Fsp3) is 0.778. The average molecular weight is 492 g/mol. The van der Waals surface area contributed by atoms with Gasteiger partial charge in [-0.1, -0.05) is 12.8 Å². The highest BCUT2D eigenvalue weighted by Gasteiger charge is 2.19. The predicted octanol–water partition coefficient (Wildman–Crippen LogP) is 2.85. The molecule has 0 radical (unpaired) electrons. The zero-order chi connectivity index (χ0) is 17.3. The van der Waals surface area contributed by atoms with Crippen molar-refractivity contribution in [3.8, 4) is 0 Å². The van der Waals surface area contributed by atoms with E-state index in [0.717, 1.165) is 50.2 Å². The molecule has 0 unspecified atom stereocenters. The van der Waals surface area contributed by atoms with Gasteiger partial charge in [-0.2, -0.15) is 0 Å². The molecule has 0 aromatic carbocycles. The molecule has 148 valence electrons. The Labute approximate surface area is 178 Å². The fourth-order valence-electron chi connectivity index (χ4n) is 3.60. The van der Waals surface area contributed by atoms with Gasteiger partial charge in [-0.3, -0.25) is 4.99 Å². The lowest BCUT2D eigenvalue weighted by Gasteiger charge is -2.35. The lowest BCUT2D eigenvalue weighted by atomic mass is 10.1. The van der Waals surface area contributed by atoms with Gasteiger partial charge < -0.3 is 20.4 Å². The molecule has 0 atom stereocenters. The molecule has 1 aromatic heterocycles. The molecule has 8 heteroatoms. The number of halogens is 1. The van der Waals surface area contributed by atoms with Crippen LogP contribution in [0.15, 0.2) is 16.6 Å². The summed E-state index contributed by atoms with van der Waals surface area (Å²) in [4.78, 5) is 16.1. The Bertz CT molecular complexity index is 510. The van der Waals surface area contributed by atoms with Crippen LogP contribution in [0.4, 0.5) is 5.13 Å². The highest BCUT2D eigenvalue weighted by Crippen LogP contribution is 2.18. The Balaban J connectivity index is 0.00000243. The molecule has 2 N–H and O–H groups in total. The summed E-state index contributed by atoms with van der Waals surface area (Å²) in [5.74, 6) is 0.717. The second kappa shape index (κ2) is 12.0. The molecule has 26 heavy (non-hydrogen) atoms. The Kier molecular flexibility index (Phi) is 9.98. The number of guanidine groups is 1. The number of aliphatic imine (C=N–C) groups is 1. The first kappa shape index (κ1) is 21.7. The van der Waals surface area contributed by atoms with E-state index >= 15 is 0 Å². The number of nitrogens with zero attached hydrogens (tertiary/aromatic N) is 5. The number of rotatable bonds is 7. The van der Waals surface area contributed by atoms with Gasteiger partial charge in [0.25, 0.3) is 0 Å². The first-order valence-electron chi connectivity index (χ1n) is 9.74. The van der Waals surface area contributed by atoms with E-state index in [0.29, 0.717) is 0 Å². The van der Waals surface area contributed by atoms with E-state index in [2.05, 4.69) is 24.7 Å². The number of piperidine rings is 1. The summed E-state index contributed by atoms with van der Waals surface area (Å²) in [6.45, 7) is 8.54. The Morgan fingerprint density at radius 3 is 2.50 bits per heavy atom. The van der Waals surface area contributed by atoms with E-state index in [1.807, 2.05) is 11.6 Å². The minimum absolute atomic E-state index is 0. The van der Waals surface area contributed by atoms with Gasteiger partial charge >= 0.3 is 0 Å². The second-order valence-corrected chi connectivity index (χ2v) is 7.86. The van der Waals surface area contributed by atoms with Crippen molar-refractivity contribution >= 4 is 46.4 Å². The van der Waals surface area contributed by atoms with Crippen molar-refractivity contribution in [2.75, 3.05) is 57.3 Å². The van der Waals surface area contributed by atoms with E-state index in [4.69, 9.17) is 5.73 Å². The summed E-state index contributed by atoms with van der Waals surface area (Å²) >= 11 is 1.70. The molecule has 0 aliphatic carbocycles. The number of hydrogen-bond acceptors (Lipinski definition) is 5. The molecule has 2 saturated heterocycles. The highest BCUT2D eigenvalue weighted by atomic mass is 127. The van der Waals surface area contributed by atoms with Crippen LogP contribution in [0, 0.1) is 0 Å². The quantitative estimate of drug-likeness (QED) is 0.275. The summed E-state index contributed by atoms with van der Waals surface area (Å²) in [7, 11) is 0. The summed E-state index contributed by atoms with van der Waals surface area (Å²) in [5.41, 5.74) is 6.18. The van der Waals surface area contributed by atoms with Crippen molar-refractivity contribution in [2.24, 2.45) is 10.7 Å². The third-order valence-corrected chi connectivity index (χ3v) is 5.98. The SMILES string of the molecule is I.NC(=NCCCCCN1CCCCC1)N1CCN(c2nccs2)CC1. The van der Waals surface area contributed by atoms with Gasteiger partial charge in [0.15, 0.2) is 11.1 Å². The van der Waals surface area contributed by atoms with Gasteiger partial charge in [0, 0.05) is 44.3 Å². The number of likely N-dealkylation sites (tertiary alicyclic amines) is 1. The van der Waals surface area contributed by atoms with Gasteiger partial charge in [-0.25, -0.2) is 4.98 Å². The van der Waals surface area contributed by atoms with Gasteiger partial charge in [0.05, 0.1) is 0 Å². The second-order valence-electron chi connectivity index (χ2n) is 6.99. The first-order valence-corrected chi connectivity index (χ1v) is 10.6. The molecule has 1 aromatic rings. The molecule has 0 spiro atoms. The van der Waals surface area contributed by atoms with Gasteiger partial charge in [-0.15, -0.1) is 35.3 Å². The Morgan fingerprint density at radius 2 is 1.81 bits per heavy atom. The summed E-state index contributed by atoms with van der Waals surface area (Å²) in [5, 5.41) is 3.15. The van der Waals surface area contributed by atoms with Crippen LogP contribution in [0.5, 0.6) is 0 Å².